The molecular formula is C24H23ClN2O3S. The molecule has 0 aromatic heterocycles. The molecule has 0 atom stereocenters. The van der Waals surface area contributed by atoms with Crippen LogP contribution < -0.4 is 5.32 Å². The van der Waals surface area contributed by atoms with Gasteiger partial charge in [0.1, 0.15) is 0 Å². The van der Waals surface area contributed by atoms with Crippen molar-refractivity contribution < 1.29 is 13.2 Å². The second-order valence-corrected chi connectivity index (χ2v) is 10.5. The molecular weight excluding hydrogens is 432 g/mol. The van der Waals surface area contributed by atoms with Crippen molar-refractivity contribution in [3.05, 3.63) is 70.2 Å². The van der Waals surface area contributed by atoms with Crippen molar-refractivity contribution >= 4 is 44.0 Å². The number of carbonyl (C=O) groups is 1. The van der Waals surface area contributed by atoms with Gasteiger partial charge in [0.05, 0.1) is 15.5 Å². The zero-order valence-electron chi connectivity index (χ0n) is 17.0. The number of hydrogen-bond donors (Lipinski definition) is 1. The Kier molecular flexibility index (Phi) is 5.24. The van der Waals surface area contributed by atoms with E-state index in [2.05, 4.69) is 11.4 Å². The number of halogens is 1. The quantitative estimate of drug-likeness (QED) is 0.602. The van der Waals surface area contributed by atoms with E-state index in [0.717, 1.165) is 37.5 Å². The van der Waals surface area contributed by atoms with Gasteiger partial charge in [0.2, 0.25) is 10.0 Å². The standard InChI is InChI=1S/C24H23ClN2O3S/c25-21-11-10-18(31(29,30)27-13-2-1-3-14-27)15-20(21)24(28)26-22-12-9-17-8-7-16-5-4-6-19(22)23(16)17/h4-6,9-12,15H,1-3,7-8,13-14H2,(H,26,28). The maximum Gasteiger partial charge on any atom is 0.257 e. The van der Waals surface area contributed by atoms with E-state index in [4.69, 9.17) is 11.6 Å². The second-order valence-electron chi connectivity index (χ2n) is 8.17. The number of aryl methyl sites for hydroxylation is 2. The molecule has 0 unspecified atom stereocenters. The monoisotopic (exact) mass is 454 g/mol. The fraction of sp³-hybridized carbons (Fsp3) is 0.292. The van der Waals surface area contributed by atoms with Crippen LogP contribution in [0, 0.1) is 0 Å². The molecule has 1 N–H and O–H groups in total. The number of benzene rings is 3. The highest BCUT2D eigenvalue weighted by Gasteiger charge is 2.27. The zero-order valence-corrected chi connectivity index (χ0v) is 18.6. The van der Waals surface area contributed by atoms with Gasteiger partial charge in [0.15, 0.2) is 0 Å². The Bertz CT molecular complexity index is 1290. The minimum absolute atomic E-state index is 0.101. The summed E-state index contributed by atoms with van der Waals surface area (Å²) in [6.07, 6.45) is 4.75. The van der Waals surface area contributed by atoms with Crippen molar-refractivity contribution in [1.29, 1.82) is 0 Å². The third-order valence-corrected chi connectivity index (χ3v) is 8.48. The van der Waals surface area contributed by atoms with Gasteiger partial charge in [-0.05, 0) is 66.5 Å². The van der Waals surface area contributed by atoms with Crippen LogP contribution in [0.4, 0.5) is 5.69 Å². The zero-order chi connectivity index (χ0) is 21.6. The Morgan fingerprint density at radius 2 is 1.68 bits per heavy atom. The number of hydrogen-bond acceptors (Lipinski definition) is 3. The van der Waals surface area contributed by atoms with Crippen LogP contribution in [0.15, 0.2) is 53.4 Å². The van der Waals surface area contributed by atoms with Gasteiger partial charge in [-0.2, -0.15) is 4.31 Å². The molecule has 1 amide bonds. The molecule has 31 heavy (non-hydrogen) atoms. The lowest BCUT2D eigenvalue weighted by molar-refractivity contribution is 0.102. The Balaban J connectivity index is 1.48. The van der Waals surface area contributed by atoms with E-state index in [9.17, 15) is 13.2 Å². The topological polar surface area (TPSA) is 66.5 Å². The van der Waals surface area contributed by atoms with E-state index in [0.29, 0.717) is 18.8 Å². The first-order valence-electron chi connectivity index (χ1n) is 10.6. The third kappa shape index (κ3) is 3.63. The molecule has 1 saturated heterocycles. The second kappa shape index (κ2) is 7.93. The lowest BCUT2D eigenvalue weighted by Gasteiger charge is -2.26. The molecule has 5 nitrogen and oxygen atoms in total. The van der Waals surface area contributed by atoms with Crippen molar-refractivity contribution in [2.24, 2.45) is 0 Å². The van der Waals surface area contributed by atoms with Crippen LogP contribution in [0.5, 0.6) is 0 Å². The lowest BCUT2D eigenvalue weighted by Crippen LogP contribution is -2.35. The summed E-state index contributed by atoms with van der Waals surface area (Å²) in [7, 11) is -3.65. The highest BCUT2D eigenvalue weighted by atomic mass is 35.5. The molecule has 7 heteroatoms. The smallest absolute Gasteiger partial charge is 0.257 e. The Morgan fingerprint density at radius 1 is 0.935 bits per heavy atom. The predicted molar refractivity (Wildman–Crippen MR) is 123 cm³/mol. The van der Waals surface area contributed by atoms with Gasteiger partial charge < -0.3 is 5.32 Å². The highest BCUT2D eigenvalue weighted by Crippen LogP contribution is 2.35. The fourth-order valence-corrected chi connectivity index (χ4v) is 6.39. The Labute approximate surface area is 187 Å². The van der Waals surface area contributed by atoms with E-state index in [1.807, 2.05) is 24.3 Å². The maximum absolute atomic E-state index is 13.1. The fourth-order valence-electron chi connectivity index (χ4n) is 4.64. The van der Waals surface area contributed by atoms with Crippen LogP contribution in [0.3, 0.4) is 0 Å². The number of anilines is 1. The Morgan fingerprint density at radius 3 is 2.45 bits per heavy atom. The summed E-state index contributed by atoms with van der Waals surface area (Å²) in [6, 6.07) is 14.4. The molecule has 0 radical (unpaired) electrons. The van der Waals surface area contributed by atoms with Crippen LogP contribution in [-0.4, -0.2) is 31.7 Å². The molecule has 2 aliphatic rings. The molecule has 0 spiro atoms. The minimum atomic E-state index is -3.65. The van der Waals surface area contributed by atoms with E-state index >= 15 is 0 Å². The first-order valence-corrected chi connectivity index (χ1v) is 12.4. The van der Waals surface area contributed by atoms with E-state index in [1.54, 1.807) is 0 Å². The minimum Gasteiger partial charge on any atom is -0.321 e. The molecule has 160 valence electrons. The molecule has 3 aromatic rings. The van der Waals surface area contributed by atoms with Crippen LogP contribution in [0.2, 0.25) is 5.02 Å². The van der Waals surface area contributed by atoms with Crippen LogP contribution >= 0.6 is 11.6 Å². The van der Waals surface area contributed by atoms with Crippen LogP contribution in [0.1, 0.15) is 40.7 Å². The van der Waals surface area contributed by atoms with E-state index in [-0.39, 0.29) is 15.5 Å². The van der Waals surface area contributed by atoms with Gasteiger partial charge in [-0.3, -0.25) is 4.79 Å². The number of carbonyl (C=O) groups excluding carboxylic acids is 1. The number of nitrogens with one attached hydrogen (secondary N) is 1. The first kappa shape index (κ1) is 20.5. The van der Waals surface area contributed by atoms with Crippen molar-refractivity contribution in [3.8, 4) is 0 Å². The molecule has 1 fully saturated rings. The maximum atomic E-state index is 13.1. The summed E-state index contributed by atoms with van der Waals surface area (Å²) >= 11 is 6.30. The van der Waals surface area contributed by atoms with Gasteiger partial charge in [0, 0.05) is 24.2 Å². The van der Waals surface area contributed by atoms with Crippen molar-refractivity contribution in [1.82, 2.24) is 4.31 Å². The summed E-state index contributed by atoms with van der Waals surface area (Å²) < 4.78 is 27.6. The number of piperidine rings is 1. The van der Waals surface area contributed by atoms with E-state index < -0.39 is 15.9 Å². The number of sulfonamides is 1. The number of amides is 1. The number of nitrogens with zero attached hydrogens (tertiary/aromatic N) is 1. The SMILES string of the molecule is O=C(Nc1ccc2c3c(cccc13)CC2)c1cc(S(=O)(=O)N2CCCCC2)ccc1Cl. The molecule has 1 aliphatic heterocycles. The van der Waals surface area contributed by atoms with Gasteiger partial charge in [0.25, 0.3) is 5.91 Å². The predicted octanol–water partition coefficient (Wildman–Crippen LogP) is 5.02. The van der Waals surface area contributed by atoms with E-state index in [1.165, 1.54) is 39.0 Å². The van der Waals surface area contributed by atoms with Crippen molar-refractivity contribution in [2.75, 3.05) is 18.4 Å². The van der Waals surface area contributed by atoms with Gasteiger partial charge >= 0.3 is 0 Å². The first-order chi connectivity index (χ1) is 14.9. The average molecular weight is 455 g/mol. The normalized spacial score (nSPS) is 16.5. The Hall–Kier alpha value is -2.41. The summed E-state index contributed by atoms with van der Waals surface area (Å²) in [5, 5.41) is 5.37. The van der Waals surface area contributed by atoms with Crippen LogP contribution in [0.25, 0.3) is 10.8 Å². The lowest BCUT2D eigenvalue weighted by atomic mass is 10.0. The molecule has 1 heterocycles. The van der Waals surface area contributed by atoms with Gasteiger partial charge in [-0.15, -0.1) is 0 Å². The third-order valence-electron chi connectivity index (χ3n) is 6.26. The summed E-state index contributed by atoms with van der Waals surface area (Å²) in [4.78, 5) is 13.2. The van der Waals surface area contributed by atoms with Gasteiger partial charge in [-0.1, -0.05) is 42.3 Å². The molecule has 3 aromatic carbocycles. The summed E-state index contributed by atoms with van der Waals surface area (Å²) in [5.74, 6) is -0.417. The number of rotatable bonds is 4. The molecule has 5 rings (SSSR count). The molecule has 0 saturated carbocycles. The molecule has 1 aliphatic carbocycles. The molecule has 0 bridgehead atoms. The van der Waals surface area contributed by atoms with Gasteiger partial charge in [-0.25, -0.2) is 8.42 Å². The summed E-state index contributed by atoms with van der Waals surface area (Å²) in [5.41, 5.74) is 3.43. The van der Waals surface area contributed by atoms with Crippen molar-refractivity contribution in [3.63, 3.8) is 0 Å². The largest absolute Gasteiger partial charge is 0.321 e. The average Bonchev–Trinajstić information content (AvgIpc) is 3.21. The van der Waals surface area contributed by atoms with Crippen LogP contribution in [-0.2, 0) is 22.9 Å². The summed E-state index contributed by atoms with van der Waals surface area (Å²) in [6.45, 7) is 1.01. The highest BCUT2D eigenvalue weighted by molar-refractivity contribution is 7.89. The van der Waals surface area contributed by atoms with Crippen molar-refractivity contribution in [2.45, 2.75) is 37.0 Å².